The average molecular weight is 232 g/mol. The lowest BCUT2D eigenvalue weighted by Crippen LogP contribution is -2.20. The zero-order chi connectivity index (χ0) is 11.8. The SMILES string of the molecule is Cn1cc(C(N)c2nnc3n2CCCC3)cn1. The number of rotatable bonds is 2. The highest BCUT2D eigenvalue weighted by Gasteiger charge is 2.22. The second-order valence-electron chi connectivity index (χ2n) is 4.51. The fraction of sp³-hybridized carbons (Fsp3) is 0.545. The van der Waals surface area contributed by atoms with Crippen LogP contribution >= 0.6 is 0 Å². The Kier molecular flexibility index (Phi) is 2.44. The van der Waals surface area contributed by atoms with Gasteiger partial charge in [-0.2, -0.15) is 5.10 Å². The summed E-state index contributed by atoms with van der Waals surface area (Å²) in [5.74, 6) is 1.92. The van der Waals surface area contributed by atoms with E-state index < -0.39 is 0 Å². The Hall–Kier alpha value is -1.69. The van der Waals surface area contributed by atoms with E-state index in [1.54, 1.807) is 10.9 Å². The third-order valence-electron chi connectivity index (χ3n) is 3.25. The van der Waals surface area contributed by atoms with E-state index in [1.165, 1.54) is 12.8 Å². The molecule has 0 aromatic carbocycles. The van der Waals surface area contributed by atoms with Gasteiger partial charge in [-0.05, 0) is 12.8 Å². The van der Waals surface area contributed by atoms with Crippen LogP contribution in [0.15, 0.2) is 12.4 Å². The van der Waals surface area contributed by atoms with Gasteiger partial charge in [0.2, 0.25) is 0 Å². The van der Waals surface area contributed by atoms with E-state index in [0.29, 0.717) is 0 Å². The van der Waals surface area contributed by atoms with E-state index in [1.807, 2.05) is 13.2 Å². The Bertz CT molecular complexity index is 526. The summed E-state index contributed by atoms with van der Waals surface area (Å²) in [6, 6.07) is -0.233. The van der Waals surface area contributed by atoms with Gasteiger partial charge in [-0.3, -0.25) is 4.68 Å². The summed E-state index contributed by atoms with van der Waals surface area (Å²) in [5.41, 5.74) is 7.20. The molecule has 3 rings (SSSR count). The van der Waals surface area contributed by atoms with Crippen LogP contribution in [0, 0.1) is 0 Å². The standard InChI is InChI=1S/C11H16N6/c1-16-7-8(6-13-16)10(12)11-15-14-9-4-2-3-5-17(9)11/h6-7,10H,2-5,12H2,1H3. The molecule has 1 unspecified atom stereocenters. The molecule has 0 saturated carbocycles. The van der Waals surface area contributed by atoms with Gasteiger partial charge in [0, 0.05) is 31.8 Å². The van der Waals surface area contributed by atoms with Gasteiger partial charge in [-0.15, -0.1) is 10.2 Å². The summed E-state index contributed by atoms with van der Waals surface area (Å²) in [4.78, 5) is 0. The summed E-state index contributed by atoms with van der Waals surface area (Å²) in [5, 5.41) is 12.6. The molecule has 1 aliphatic rings. The Balaban J connectivity index is 1.96. The van der Waals surface area contributed by atoms with Crippen LogP contribution in [0.2, 0.25) is 0 Å². The van der Waals surface area contributed by atoms with Crippen molar-refractivity contribution in [3.05, 3.63) is 29.6 Å². The van der Waals surface area contributed by atoms with Crippen molar-refractivity contribution >= 4 is 0 Å². The minimum Gasteiger partial charge on any atom is -0.318 e. The fourth-order valence-electron chi connectivity index (χ4n) is 2.31. The maximum absolute atomic E-state index is 6.22. The number of aromatic nitrogens is 5. The first-order chi connectivity index (χ1) is 8.25. The Morgan fingerprint density at radius 1 is 1.35 bits per heavy atom. The zero-order valence-electron chi connectivity index (χ0n) is 9.87. The summed E-state index contributed by atoms with van der Waals surface area (Å²) in [7, 11) is 1.88. The lowest BCUT2D eigenvalue weighted by Gasteiger charge is -2.17. The highest BCUT2D eigenvalue weighted by atomic mass is 15.3. The lowest BCUT2D eigenvalue weighted by atomic mass is 10.1. The Labute approximate surface area is 99.4 Å². The van der Waals surface area contributed by atoms with Crippen LogP contribution < -0.4 is 5.73 Å². The third kappa shape index (κ3) is 1.74. The summed E-state index contributed by atoms with van der Waals surface area (Å²) < 4.78 is 3.91. The number of nitrogens with two attached hydrogens (primary N) is 1. The van der Waals surface area contributed by atoms with Crippen molar-refractivity contribution in [2.24, 2.45) is 12.8 Å². The molecule has 0 spiro atoms. The number of fused-ring (bicyclic) bond motifs is 1. The van der Waals surface area contributed by atoms with Gasteiger partial charge >= 0.3 is 0 Å². The molecule has 0 radical (unpaired) electrons. The molecular formula is C11H16N6. The van der Waals surface area contributed by atoms with E-state index in [9.17, 15) is 0 Å². The number of hydrogen-bond donors (Lipinski definition) is 1. The van der Waals surface area contributed by atoms with Crippen molar-refractivity contribution in [2.45, 2.75) is 31.8 Å². The van der Waals surface area contributed by atoms with Gasteiger partial charge in [-0.25, -0.2) is 0 Å². The molecular weight excluding hydrogens is 216 g/mol. The summed E-state index contributed by atoms with van der Waals surface area (Å²) in [6.45, 7) is 0.978. The van der Waals surface area contributed by atoms with E-state index >= 15 is 0 Å². The smallest absolute Gasteiger partial charge is 0.154 e. The predicted octanol–water partition coefficient (Wildman–Crippen LogP) is 0.396. The van der Waals surface area contributed by atoms with E-state index in [4.69, 9.17) is 5.73 Å². The Morgan fingerprint density at radius 3 is 3.00 bits per heavy atom. The van der Waals surface area contributed by atoms with Gasteiger partial charge in [0.15, 0.2) is 5.82 Å². The first kappa shape index (κ1) is 10.5. The van der Waals surface area contributed by atoms with Crippen molar-refractivity contribution < 1.29 is 0 Å². The second-order valence-corrected chi connectivity index (χ2v) is 4.51. The quantitative estimate of drug-likeness (QED) is 0.813. The highest BCUT2D eigenvalue weighted by Crippen LogP contribution is 2.21. The second kappa shape index (κ2) is 3.96. The number of nitrogens with zero attached hydrogens (tertiary/aromatic N) is 5. The van der Waals surface area contributed by atoms with Gasteiger partial charge in [0.1, 0.15) is 5.82 Å². The van der Waals surface area contributed by atoms with Crippen LogP contribution in [0.25, 0.3) is 0 Å². The van der Waals surface area contributed by atoms with Crippen LogP contribution in [0.5, 0.6) is 0 Å². The van der Waals surface area contributed by atoms with Crippen LogP contribution in [0.4, 0.5) is 0 Å². The van der Waals surface area contributed by atoms with Gasteiger partial charge in [0.05, 0.1) is 12.2 Å². The molecule has 0 bridgehead atoms. The maximum atomic E-state index is 6.22. The third-order valence-corrected chi connectivity index (χ3v) is 3.25. The first-order valence-corrected chi connectivity index (χ1v) is 5.92. The summed E-state index contributed by atoms with van der Waals surface area (Å²) in [6.07, 6.45) is 7.09. The van der Waals surface area contributed by atoms with Crippen molar-refractivity contribution in [1.29, 1.82) is 0 Å². The molecule has 0 amide bonds. The van der Waals surface area contributed by atoms with Crippen LogP contribution in [0.3, 0.4) is 0 Å². The minimum atomic E-state index is -0.233. The first-order valence-electron chi connectivity index (χ1n) is 5.92. The minimum absolute atomic E-state index is 0.233. The van der Waals surface area contributed by atoms with E-state index in [2.05, 4.69) is 19.9 Å². The summed E-state index contributed by atoms with van der Waals surface area (Å²) >= 11 is 0. The molecule has 1 atom stereocenters. The average Bonchev–Trinajstić information content (AvgIpc) is 2.94. The molecule has 0 fully saturated rings. The largest absolute Gasteiger partial charge is 0.318 e. The molecule has 2 aromatic heterocycles. The number of hydrogen-bond acceptors (Lipinski definition) is 4. The molecule has 0 aliphatic carbocycles. The normalized spacial score (nSPS) is 16.8. The maximum Gasteiger partial charge on any atom is 0.154 e. The molecule has 2 aromatic rings. The molecule has 1 aliphatic heterocycles. The molecule has 2 N–H and O–H groups in total. The van der Waals surface area contributed by atoms with Gasteiger partial charge < -0.3 is 10.3 Å². The topological polar surface area (TPSA) is 74.6 Å². The van der Waals surface area contributed by atoms with E-state index in [0.717, 1.165) is 30.2 Å². The van der Waals surface area contributed by atoms with E-state index in [-0.39, 0.29) is 6.04 Å². The molecule has 0 saturated heterocycles. The van der Waals surface area contributed by atoms with Crippen molar-refractivity contribution in [3.63, 3.8) is 0 Å². The van der Waals surface area contributed by atoms with Crippen LogP contribution in [-0.2, 0) is 20.0 Å². The molecule has 17 heavy (non-hydrogen) atoms. The van der Waals surface area contributed by atoms with Crippen molar-refractivity contribution in [3.8, 4) is 0 Å². The molecule has 3 heterocycles. The van der Waals surface area contributed by atoms with Crippen LogP contribution in [-0.4, -0.2) is 24.5 Å². The highest BCUT2D eigenvalue weighted by molar-refractivity contribution is 5.19. The number of aryl methyl sites for hydroxylation is 2. The van der Waals surface area contributed by atoms with Crippen LogP contribution in [0.1, 0.15) is 36.1 Å². The predicted molar refractivity (Wildman–Crippen MR) is 62.2 cm³/mol. The van der Waals surface area contributed by atoms with Gasteiger partial charge in [0.25, 0.3) is 0 Å². The zero-order valence-corrected chi connectivity index (χ0v) is 9.87. The molecule has 90 valence electrons. The fourth-order valence-corrected chi connectivity index (χ4v) is 2.31. The monoisotopic (exact) mass is 232 g/mol. The lowest BCUT2D eigenvalue weighted by molar-refractivity contribution is 0.500. The van der Waals surface area contributed by atoms with Gasteiger partial charge in [-0.1, -0.05) is 0 Å². The Morgan fingerprint density at radius 2 is 2.24 bits per heavy atom. The van der Waals surface area contributed by atoms with Crippen molar-refractivity contribution in [1.82, 2.24) is 24.5 Å². The van der Waals surface area contributed by atoms with Crippen molar-refractivity contribution in [2.75, 3.05) is 0 Å². The molecule has 6 nitrogen and oxygen atoms in total. The molecule has 6 heteroatoms.